The lowest BCUT2D eigenvalue weighted by Crippen LogP contribution is -2.32. The van der Waals surface area contributed by atoms with Crippen LogP contribution >= 0.6 is 11.3 Å². The average Bonchev–Trinajstić information content (AvgIpc) is 3.47. The summed E-state index contributed by atoms with van der Waals surface area (Å²) in [5.74, 6) is 0.935. The first kappa shape index (κ1) is 17.1. The Morgan fingerprint density at radius 1 is 1.11 bits per heavy atom. The van der Waals surface area contributed by atoms with E-state index < -0.39 is 0 Å². The molecule has 28 heavy (non-hydrogen) atoms. The highest BCUT2D eigenvalue weighted by Gasteiger charge is 2.33. The van der Waals surface area contributed by atoms with E-state index in [0.29, 0.717) is 6.42 Å². The van der Waals surface area contributed by atoms with Crippen molar-refractivity contribution in [2.75, 3.05) is 6.54 Å². The average molecular weight is 389 g/mol. The SMILES string of the molecule is O=C(Cc1csc(-c2ccccc2)n1)N1CCCC1c1nnc2ccccn12. The highest BCUT2D eigenvalue weighted by molar-refractivity contribution is 7.13. The Hall–Kier alpha value is -3.06. The highest BCUT2D eigenvalue weighted by atomic mass is 32.1. The van der Waals surface area contributed by atoms with Crippen LogP contribution in [-0.4, -0.2) is 36.9 Å². The van der Waals surface area contributed by atoms with Crippen LogP contribution in [0, 0.1) is 0 Å². The van der Waals surface area contributed by atoms with Crippen molar-refractivity contribution >= 4 is 22.9 Å². The number of carbonyl (C=O) groups is 1. The number of rotatable bonds is 4. The molecule has 7 heteroatoms. The van der Waals surface area contributed by atoms with Gasteiger partial charge in [0.05, 0.1) is 18.2 Å². The number of hydrogen-bond acceptors (Lipinski definition) is 5. The van der Waals surface area contributed by atoms with E-state index >= 15 is 0 Å². The second-order valence-electron chi connectivity index (χ2n) is 6.92. The lowest BCUT2D eigenvalue weighted by Gasteiger charge is -2.23. The molecule has 4 aromatic rings. The number of nitrogens with zero attached hydrogens (tertiary/aromatic N) is 5. The molecule has 1 fully saturated rings. The standard InChI is InChI=1S/C21H19N5OS/c27-19(13-16-14-28-21(22-16)15-7-2-1-3-8-15)25-12-6-9-17(25)20-24-23-18-10-4-5-11-26(18)20/h1-5,7-8,10-11,14,17H,6,9,12-13H2. The summed E-state index contributed by atoms with van der Waals surface area (Å²) in [7, 11) is 0. The molecule has 1 atom stereocenters. The summed E-state index contributed by atoms with van der Waals surface area (Å²) in [6.45, 7) is 0.751. The number of thiazole rings is 1. The van der Waals surface area contributed by atoms with Crippen molar-refractivity contribution in [3.05, 3.63) is 71.6 Å². The number of carbonyl (C=O) groups excluding carboxylic acids is 1. The molecule has 1 aliphatic rings. The van der Waals surface area contributed by atoms with Gasteiger partial charge < -0.3 is 4.90 Å². The lowest BCUT2D eigenvalue weighted by atomic mass is 10.2. The Morgan fingerprint density at radius 3 is 2.86 bits per heavy atom. The lowest BCUT2D eigenvalue weighted by molar-refractivity contribution is -0.131. The van der Waals surface area contributed by atoms with Crippen molar-refractivity contribution in [1.29, 1.82) is 0 Å². The third-order valence-electron chi connectivity index (χ3n) is 5.12. The molecular formula is C21H19N5OS. The summed E-state index contributed by atoms with van der Waals surface area (Å²) in [4.78, 5) is 19.6. The molecule has 1 aliphatic heterocycles. The number of hydrogen-bond donors (Lipinski definition) is 0. The molecule has 1 aromatic carbocycles. The Labute approximate surface area is 166 Å². The van der Waals surface area contributed by atoms with Crippen LogP contribution in [0.15, 0.2) is 60.1 Å². The van der Waals surface area contributed by atoms with Gasteiger partial charge in [-0.3, -0.25) is 9.20 Å². The van der Waals surface area contributed by atoms with E-state index in [0.717, 1.165) is 47.1 Å². The van der Waals surface area contributed by atoms with Crippen molar-refractivity contribution in [3.63, 3.8) is 0 Å². The maximum absolute atomic E-state index is 13.0. The molecule has 0 N–H and O–H groups in total. The summed E-state index contributed by atoms with van der Waals surface area (Å²) < 4.78 is 1.98. The number of pyridine rings is 1. The molecule has 3 aromatic heterocycles. The molecule has 1 unspecified atom stereocenters. The molecule has 0 aliphatic carbocycles. The van der Waals surface area contributed by atoms with Crippen LogP contribution in [0.25, 0.3) is 16.2 Å². The Kier molecular flexibility index (Phi) is 4.37. The van der Waals surface area contributed by atoms with Gasteiger partial charge in [0, 0.05) is 23.7 Å². The predicted molar refractivity (Wildman–Crippen MR) is 108 cm³/mol. The summed E-state index contributed by atoms with van der Waals surface area (Å²) >= 11 is 1.58. The number of aromatic nitrogens is 4. The molecule has 0 bridgehead atoms. The zero-order chi connectivity index (χ0) is 18.9. The van der Waals surface area contributed by atoms with Gasteiger partial charge in [-0.15, -0.1) is 21.5 Å². The first-order valence-corrected chi connectivity index (χ1v) is 10.3. The van der Waals surface area contributed by atoms with E-state index in [1.54, 1.807) is 11.3 Å². The minimum absolute atomic E-state index is 0.0304. The summed E-state index contributed by atoms with van der Waals surface area (Å²) in [6, 6.07) is 15.9. The summed E-state index contributed by atoms with van der Waals surface area (Å²) in [6.07, 6.45) is 4.16. The van der Waals surface area contributed by atoms with Crippen LogP contribution in [0.3, 0.4) is 0 Å². The number of amides is 1. The Balaban J connectivity index is 1.36. The third-order valence-corrected chi connectivity index (χ3v) is 6.06. The van der Waals surface area contributed by atoms with Crippen LogP contribution in [0.4, 0.5) is 0 Å². The quantitative estimate of drug-likeness (QED) is 0.533. The molecule has 1 amide bonds. The molecule has 140 valence electrons. The summed E-state index contributed by atoms with van der Waals surface area (Å²) in [5.41, 5.74) is 2.72. The van der Waals surface area contributed by atoms with Gasteiger partial charge in [-0.05, 0) is 25.0 Å². The minimum atomic E-state index is -0.0304. The zero-order valence-corrected chi connectivity index (χ0v) is 16.0. The van der Waals surface area contributed by atoms with E-state index in [1.807, 2.05) is 69.4 Å². The first-order chi connectivity index (χ1) is 13.8. The first-order valence-electron chi connectivity index (χ1n) is 9.38. The second kappa shape index (κ2) is 7.16. The fourth-order valence-electron chi connectivity index (χ4n) is 3.78. The second-order valence-corrected chi connectivity index (χ2v) is 7.78. The highest BCUT2D eigenvalue weighted by Crippen LogP contribution is 2.32. The normalized spacial score (nSPS) is 16.7. The van der Waals surface area contributed by atoms with Crippen LogP contribution in [0.2, 0.25) is 0 Å². The topological polar surface area (TPSA) is 63.4 Å². The fraction of sp³-hybridized carbons (Fsp3) is 0.238. The maximum Gasteiger partial charge on any atom is 0.229 e. The van der Waals surface area contributed by atoms with Gasteiger partial charge in [-0.2, -0.15) is 0 Å². The van der Waals surface area contributed by atoms with E-state index in [2.05, 4.69) is 15.2 Å². The van der Waals surface area contributed by atoms with Crippen LogP contribution in [0.1, 0.15) is 30.4 Å². The zero-order valence-electron chi connectivity index (χ0n) is 15.2. The van der Waals surface area contributed by atoms with Gasteiger partial charge in [-0.25, -0.2) is 4.98 Å². The van der Waals surface area contributed by atoms with Gasteiger partial charge in [0.1, 0.15) is 5.01 Å². The van der Waals surface area contributed by atoms with Gasteiger partial charge in [0.2, 0.25) is 5.91 Å². The molecule has 0 saturated carbocycles. The predicted octanol–water partition coefficient (Wildman–Crippen LogP) is 3.76. The van der Waals surface area contributed by atoms with Crippen LogP contribution in [-0.2, 0) is 11.2 Å². The number of fused-ring (bicyclic) bond motifs is 1. The molecule has 5 rings (SSSR count). The van der Waals surface area contributed by atoms with Gasteiger partial charge in [-0.1, -0.05) is 36.4 Å². The van der Waals surface area contributed by atoms with Crippen molar-refractivity contribution < 1.29 is 4.79 Å². The van der Waals surface area contributed by atoms with Crippen molar-refractivity contribution in [1.82, 2.24) is 24.5 Å². The molecule has 6 nitrogen and oxygen atoms in total. The van der Waals surface area contributed by atoms with Gasteiger partial charge >= 0.3 is 0 Å². The van der Waals surface area contributed by atoms with E-state index in [4.69, 9.17) is 0 Å². The Bertz CT molecular complexity index is 1120. The largest absolute Gasteiger partial charge is 0.332 e. The van der Waals surface area contributed by atoms with Crippen molar-refractivity contribution in [2.24, 2.45) is 0 Å². The van der Waals surface area contributed by atoms with E-state index in [9.17, 15) is 4.79 Å². The van der Waals surface area contributed by atoms with E-state index in [1.165, 1.54) is 0 Å². The number of likely N-dealkylation sites (tertiary alicyclic amines) is 1. The van der Waals surface area contributed by atoms with Crippen molar-refractivity contribution in [2.45, 2.75) is 25.3 Å². The van der Waals surface area contributed by atoms with Gasteiger partial charge in [0.25, 0.3) is 0 Å². The molecule has 0 radical (unpaired) electrons. The third kappa shape index (κ3) is 3.07. The minimum Gasteiger partial charge on any atom is -0.332 e. The fourth-order valence-corrected chi connectivity index (χ4v) is 4.60. The smallest absolute Gasteiger partial charge is 0.229 e. The molecule has 0 spiro atoms. The van der Waals surface area contributed by atoms with Crippen LogP contribution in [0.5, 0.6) is 0 Å². The van der Waals surface area contributed by atoms with Crippen molar-refractivity contribution in [3.8, 4) is 10.6 Å². The summed E-state index contributed by atoms with van der Waals surface area (Å²) in [5, 5.41) is 11.5. The van der Waals surface area contributed by atoms with Crippen LogP contribution < -0.4 is 0 Å². The molecule has 1 saturated heterocycles. The molecular weight excluding hydrogens is 370 g/mol. The number of benzene rings is 1. The monoisotopic (exact) mass is 389 g/mol. The maximum atomic E-state index is 13.0. The van der Waals surface area contributed by atoms with Gasteiger partial charge in [0.15, 0.2) is 11.5 Å². The molecule has 4 heterocycles. The van der Waals surface area contributed by atoms with E-state index in [-0.39, 0.29) is 11.9 Å². The Morgan fingerprint density at radius 2 is 1.96 bits per heavy atom.